The second-order valence-corrected chi connectivity index (χ2v) is 6.88. The molecule has 0 bridgehead atoms. The van der Waals surface area contributed by atoms with Crippen molar-refractivity contribution in [2.75, 3.05) is 12.0 Å². The number of para-hydroxylation sites is 1. The quantitative estimate of drug-likeness (QED) is 0.683. The molecule has 1 aliphatic heterocycles. The summed E-state index contributed by atoms with van der Waals surface area (Å²) in [5, 5.41) is 9.51. The Hall–Kier alpha value is -3.61. The molecule has 1 aromatic heterocycles. The molecule has 0 amide bonds. The molecule has 0 fully saturated rings. The first-order chi connectivity index (χ1) is 14.1. The van der Waals surface area contributed by atoms with Crippen LogP contribution in [0.5, 0.6) is 11.6 Å². The van der Waals surface area contributed by atoms with E-state index in [4.69, 9.17) is 9.47 Å². The largest absolute Gasteiger partial charge is 0.497 e. The molecule has 2 heterocycles. The number of methoxy groups -OCH3 is 1. The highest BCUT2D eigenvalue weighted by molar-refractivity contribution is 5.90. The second kappa shape index (κ2) is 7.79. The van der Waals surface area contributed by atoms with Gasteiger partial charge in [0.2, 0.25) is 11.8 Å². The number of carbonyl (C=O) groups is 1. The van der Waals surface area contributed by atoms with E-state index < -0.39 is 5.97 Å². The van der Waals surface area contributed by atoms with Crippen molar-refractivity contribution in [1.29, 1.82) is 0 Å². The van der Waals surface area contributed by atoms with Crippen LogP contribution in [0, 0.1) is 0 Å². The molecule has 2 aromatic carbocycles. The Morgan fingerprint density at radius 3 is 2.69 bits per heavy atom. The van der Waals surface area contributed by atoms with E-state index in [1.54, 1.807) is 7.11 Å². The van der Waals surface area contributed by atoms with Crippen LogP contribution in [0.25, 0.3) is 0 Å². The first kappa shape index (κ1) is 18.7. The third-order valence-electron chi connectivity index (χ3n) is 4.93. The molecule has 0 aliphatic carbocycles. The lowest BCUT2D eigenvalue weighted by Gasteiger charge is -2.23. The maximum Gasteiger partial charge on any atom is 0.342 e. The van der Waals surface area contributed by atoms with Crippen LogP contribution in [0.4, 0.5) is 11.6 Å². The van der Waals surface area contributed by atoms with E-state index in [1.807, 2.05) is 47.4 Å². The van der Waals surface area contributed by atoms with Gasteiger partial charge in [-0.15, -0.1) is 0 Å². The maximum atomic E-state index is 11.6. The molecular weight excluding hydrogens is 370 g/mol. The molecule has 0 unspecified atom stereocenters. The Balaban J connectivity index is 1.63. The second-order valence-electron chi connectivity index (χ2n) is 6.88. The molecule has 3 aromatic rings. The van der Waals surface area contributed by atoms with Crippen molar-refractivity contribution < 1.29 is 19.4 Å². The van der Waals surface area contributed by atoms with Gasteiger partial charge in [0, 0.05) is 11.7 Å². The van der Waals surface area contributed by atoms with Crippen molar-refractivity contribution in [3.05, 3.63) is 71.4 Å². The molecule has 1 N–H and O–H groups in total. The van der Waals surface area contributed by atoms with Crippen LogP contribution in [-0.4, -0.2) is 34.2 Å². The number of aromatic nitrogens is 2. The third kappa shape index (κ3) is 3.71. The highest BCUT2D eigenvalue weighted by Gasteiger charge is 2.30. The van der Waals surface area contributed by atoms with Crippen LogP contribution in [0.3, 0.4) is 0 Å². The summed E-state index contributed by atoms with van der Waals surface area (Å²) >= 11 is 0. The summed E-state index contributed by atoms with van der Waals surface area (Å²) in [4.78, 5) is 22.4. The van der Waals surface area contributed by atoms with E-state index in [0.29, 0.717) is 5.95 Å². The van der Waals surface area contributed by atoms with E-state index >= 15 is 0 Å². The summed E-state index contributed by atoms with van der Waals surface area (Å²) in [7, 11) is 1.60. The first-order valence-electron chi connectivity index (χ1n) is 9.30. The van der Waals surface area contributed by atoms with Crippen LogP contribution < -0.4 is 14.4 Å². The molecule has 0 radical (unpaired) electrons. The fraction of sp³-hybridized carbons (Fsp3) is 0.227. The lowest BCUT2D eigenvalue weighted by atomic mass is 10.1. The maximum absolute atomic E-state index is 11.6. The molecule has 1 aliphatic rings. The predicted octanol–water partition coefficient (Wildman–Crippen LogP) is 3.85. The van der Waals surface area contributed by atoms with Crippen molar-refractivity contribution in [3.63, 3.8) is 0 Å². The number of anilines is 2. The van der Waals surface area contributed by atoms with Crippen molar-refractivity contribution >= 4 is 17.6 Å². The van der Waals surface area contributed by atoms with Gasteiger partial charge < -0.3 is 19.5 Å². The molecular formula is C22H21N3O4. The van der Waals surface area contributed by atoms with Gasteiger partial charge in [0.25, 0.3) is 0 Å². The average Bonchev–Trinajstić information content (AvgIpc) is 3.08. The number of nitrogens with zero attached hydrogens (tertiary/aromatic N) is 3. The Bertz CT molecular complexity index is 1040. The zero-order valence-electron chi connectivity index (χ0n) is 16.2. The van der Waals surface area contributed by atoms with E-state index in [0.717, 1.165) is 23.4 Å². The number of carboxylic acids is 1. The van der Waals surface area contributed by atoms with E-state index in [1.165, 1.54) is 11.8 Å². The predicted molar refractivity (Wildman–Crippen MR) is 108 cm³/mol. The standard InChI is InChI=1S/C22H21N3O4/c1-14-11-16-5-3-4-6-19(16)25(14)22-23-12-18(21(26)27)20(24-22)29-13-15-7-9-17(28-2)10-8-15/h3-10,12,14H,11,13H2,1-2H3,(H,26,27)/t14-/m0/s1. The molecule has 4 rings (SSSR count). The summed E-state index contributed by atoms with van der Waals surface area (Å²) in [6.07, 6.45) is 2.18. The van der Waals surface area contributed by atoms with Gasteiger partial charge in [-0.1, -0.05) is 30.3 Å². The van der Waals surface area contributed by atoms with Gasteiger partial charge in [-0.25, -0.2) is 9.78 Å². The fourth-order valence-electron chi connectivity index (χ4n) is 3.47. The molecule has 1 atom stereocenters. The van der Waals surface area contributed by atoms with E-state index in [2.05, 4.69) is 23.0 Å². The zero-order chi connectivity index (χ0) is 20.4. The topological polar surface area (TPSA) is 84.8 Å². The zero-order valence-corrected chi connectivity index (χ0v) is 16.2. The number of carboxylic acid groups (broad SMARTS) is 1. The SMILES string of the molecule is COc1ccc(COc2nc(N3c4ccccc4C[C@@H]3C)ncc2C(=O)O)cc1. The smallest absolute Gasteiger partial charge is 0.342 e. The Morgan fingerprint density at radius 1 is 1.21 bits per heavy atom. The number of benzene rings is 2. The molecule has 0 saturated heterocycles. The Morgan fingerprint density at radius 2 is 1.97 bits per heavy atom. The van der Waals surface area contributed by atoms with Gasteiger partial charge >= 0.3 is 5.97 Å². The first-order valence-corrected chi connectivity index (χ1v) is 9.30. The minimum atomic E-state index is -1.13. The van der Waals surface area contributed by atoms with Crippen LogP contribution in [0.1, 0.15) is 28.4 Å². The lowest BCUT2D eigenvalue weighted by molar-refractivity contribution is 0.0690. The van der Waals surface area contributed by atoms with E-state index in [-0.39, 0.29) is 24.1 Å². The molecule has 148 valence electrons. The van der Waals surface area contributed by atoms with E-state index in [9.17, 15) is 9.90 Å². The minimum absolute atomic E-state index is 0.0508. The number of aromatic carboxylic acids is 1. The number of rotatable bonds is 6. The van der Waals surface area contributed by atoms with Gasteiger partial charge in [0.15, 0.2) is 0 Å². The number of hydrogen-bond acceptors (Lipinski definition) is 6. The van der Waals surface area contributed by atoms with Crippen molar-refractivity contribution in [3.8, 4) is 11.6 Å². The normalized spacial score (nSPS) is 15.1. The lowest BCUT2D eigenvalue weighted by Crippen LogP contribution is -2.26. The average molecular weight is 391 g/mol. The summed E-state index contributed by atoms with van der Waals surface area (Å²) in [6.45, 7) is 2.28. The summed E-state index contributed by atoms with van der Waals surface area (Å²) in [6, 6.07) is 15.6. The van der Waals surface area contributed by atoms with Gasteiger partial charge in [0.1, 0.15) is 17.9 Å². The number of fused-ring (bicyclic) bond motifs is 1. The summed E-state index contributed by atoms with van der Waals surface area (Å²) in [5.41, 5.74) is 3.06. The molecule has 7 heteroatoms. The monoisotopic (exact) mass is 391 g/mol. The van der Waals surface area contributed by atoms with Crippen LogP contribution in [0.15, 0.2) is 54.7 Å². The molecule has 0 saturated carbocycles. The molecule has 29 heavy (non-hydrogen) atoms. The van der Waals surface area contributed by atoms with Crippen molar-refractivity contribution in [1.82, 2.24) is 9.97 Å². The Labute approximate surface area is 168 Å². The molecule has 7 nitrogen and oxygen atoms in total. The molecule has 0 spiro atoms. The highest BCUT2D eigenvalue weighted by atomic mass is 16.5. The Kier molecular flexibility index (Phi) is 5.03. The van der Waals surface area contributed by atoms with Crippen LogP contribution >= 0.6 is 0 Å². The van der Waals surface area contributed by atoms with Crippen LogP contribution in [0.2, 0.25) is 0 Å². The number of hydrogen-bond donors (Lipinski definition) is 1. The van der Waals surface area contributed by atoms with Crippen molar-refractivity contribution in [2.24, 2.45) is 0 Å². The van der Waals surface area contributed by atoms with Crippen molar-refractivity contribution in [2.45, 2.75) is 26.0 Å². The van der Waals surface area contributed by atoms with Gasteiger partial charge in [-0.05, 0) is 42.7 Å². The van der Waals surface area contributed by atoms with Gasteiger partial charge in [0.05, 0.1) is 13.3 Å². The van der Waals surface area contributed by atoms with Crippen LogP contribution in [-0.2, 0) is 13.0 Å². The highest BCUT2D eigenvalue weighted by Crippen LogP contribution is 2.37. The third-order valence-corrected chi connectivity index (χ3v) is 4.93. The summed E-state index contributed by atoms with van der Waals surface area (Å²) < 4.78 is 10.9. The van der Waals surface area contributed by atoms with Gasteiger partial charge in [-0.2, -0.15) is 4.98 Å². The number of ether oxygens (including phenoxy) is 2. The van der Waals surface area contributed by atoms with Gasteiger partial charge in [-0.3, -0.25) is 0 Å². The fourth-order valence-corrected chi connectivity index (χ4v) is 3.47. The summed E-state index contributed by atoms with van der Waals surface area (Å²) in [5.74, 6) is 0.0919. The minimum Gasteiger partial charge on any atom is -0.497 e.